The zero-order valence-corrected chi connectivity index (χ0v) is 19.7. The van der Waals surface area contributed by atoms with Gasteiger partial charge in [0.1, 0.15) is 17.7 Å². The Morgan fingerprint density at radius 3 is 2.00 bits per heavy atom. The maximum absolute atomic E-state index is 12.7. The summed E-state index contributed by atoms with van der Waals surface area (Å²) in [7, 11) is 1.51. The van der Waals surface area contributed by atoms with E-state index < -0.39 is 29.7 Å². The maximum Gasteiger partial charge on any atom is 0.410 e. The highest BCUT2D eigenvalue weighted by molar-refractivity contribution is 5.85. The smallest absolute Gasteiger partial charge is 0.410 e. The lowest BCUT2D eigenvalue weighted by atomic mass is 9.83. The molecule has 0 radical (unpaired) electrons. The minimum Gasteiger partial charge on any atom is -0.478 e. The van der Waals surface area contributed by atoms with Gasteiger partial charge in [-0.25, -0.2) is 14.4 Å². The summed E-state index contributed by atoms with van der Waals surface area (Å²) in [5, 5.41) is 8.97. The minimum absolute atomic E-state index is 0.125. The van der Waals surface area contributed by atoms with E-state index in [4.69, 9.17) is 14.6 Å². The van der Waals surface area contributed by atoms with Gasteiger partial charge in [-0.3, -0.25) is 4.90 Å². The predicted molar refractivity (Wildman–Crippen MR) is 113 cm³/mol. The quantitative estimate of drug-likeness (QED) is 0.460. The van der Waals surface area contributed by atoms with Gasteiger partial charge in [0.25, 0.3) is 0 Å². The molecule has 0 heterocycles. The monoisotopic (exact) mass is 413 g/mol. The lowest BCUT2D eigenvalue weighted by molar-refractivity contribution is -0.161. The molecule has 0 aliphatic rings. The van der Waals surface area contributed by atoms with Crippen molar-refractivity contribution < 1.29 is 29.0 Å². The van der Waals surface area contributed by atoms with Crippen LogP contribution in [0, 0.1) is 11.3 Å². The molecule has 0 aromatic carbocycles. The molecule has 7 nitrogen and oxygen atoms in total. The van der Waals surface area contributed by atoms with Gasteiger partial charge >= 0.3 is 18.0 Å². The van der Waals surface area contributed by atoms with E-state index in [1.807, 2.05) is 27.7 Å². The third-order valence-electron chi connectivity index (χ3n) is 4.61. The van der Waals surface area contributed by atoms with Crippen LogP contribution in [0.2, 0.25) is 0 Å². The van der Waals surface area contributed by atoms with Gasteiger partial charge in [-0.2, -0.15) is 0 Å². The van der Waals surface area contributed by atoms with Crippen LogP contribution >= 0.6 is 0 Å². The second-order valence-electron chi connectivity index (χ2n) is 9.83. The zero-order valence-electron chi connectivity index (χ0n) is 19.7. The number of carboxylic acid groups (broad SMARTS) is 1. The number of rotatable bonds is 8. The summed E-state index contributed by atoms with van der Waals surface area (Å²) in [5.74, 6) is -1.31. The van der Waals surface area contributed by atoms with Crippen LogP contribution in [0.25, 0.3) is 0 Å². The lowest BCUT2D eigenvalue weighted by Crippen LogP contribution is -2.46. The Labute approximate surface area is 175 Å². The molecule has 0 spiro atoms. The van der Waals surface area contributed by atoms with Crippen LogP contribution in [0.4, 0.5) is 4.79 Å². The van der Waals surface area contributed by atoms with Crippen molar-refractivity contribution in [1.82, 2.24) is 4.90 Å². The van der Waals surface area contributed by atoms with E-state index in [0.717, 1.165) is 0 Å². The third-order valence-corrected chi connectivity index (χ3v) is 4.61. The van der Waals surface area contributed by atoms with Gasteiger partial charge in [0, 0.05) is 12.6 Å². The first kappa shape index (κ1) is 27.0. The van der Waals surface area contributed by atoms with E-state index in [1.165, 1.54) is 11.9 Å². The molecule has 0 rings (SSSR count). The van der Waals surface area contributed by atoms with Crippen LogP contribution in [0.5, 0.6) is 0 Å². The summed E-state index contributed by atoms with van der Waals surface area (Å²) < 4.78 is 11.1. The van der Waals surface area contributed by atoms with E-state index in [1.54, 1.807) is 40.7 Å². The summed E-state index contributed by atoms with van der Waals surface area (Å²) in [4.78, 5) is 37.1. The molecule has 29 heavy (non-hydrogen) atoms. The molecule has 0 aromatic rings. The van der Waals surface area contributed by atoms with Crippen LogP contribution in [-0.2, 0) is 19.1 Å². The second kappa shape index (κ2) is 10.6. The second-order valence-corrected chi connectivity index (χ2v) is 9.83. The molecule has 0 bridgehead atoms. The molecule has 0 aliphatic carbocycles. The highest BCUT2D eigenvalue weighted by Crippen LogP contribution is 2.29. The van der Waals surface area contributed by atoms with Crippen LogP contribution in [0.3, 0.4) is 0 Å². The number of nitrogens with zero attached hydrogens (tertiary/aromatic N) is 1. The largest absolute Gasteiger partial charge is 0.478 e. The topological polar surface area (TPSA) is 93.1 Å². The number of carbonyl (C=O) groups excluding carboxylic acids is 2. The molecule has 3 unspecified atom stereocenters. The van der Waals surface area contributed by atoms with E-state index in [2.05, 4.69) is 0 Å². The predicted octanol–water partition coefficient (Wildman–Crippen LogP) is 4.65. The van der Waals surface area contributed by atoms with E-state index in [9.17, 15) is 14.4 Å². The first-order valence-electron chi connectivity index (χ1n) is 10.0. The fourth-order valence-corrected chi connectivity index (χ4v) is 2.39. The Bertz CT molecular complexity index is 612. The third kappa shape index (κ3) is 10.3. The molecule has 7 heteroatoms. The summed E-state index contributed by atoms with van der Waals surface area (Å²) in [6.45, 7) is 16.4. The Balaban J connectivity index is 5.10. The molecule has 0 fully saturated rings. The van der Waals surface area contributed by atoms with Crippen molar-refractivity contribution >= 4 is 18.0 Å². The van der Waals surface area contributed by atoms with Gasteiger partial charge in [0.05, 0.1) is 0 Å². The molecule has 3 atom stereocenters. The number of aliphatic carboxylic acids is 1. The maximum atomic E-state index is 12.7. The fourth-order valence-electron chi connectivity index (χ4n) is 2.39. The first-order chi connectivity index (χ1) is 13.0. The number of esters is 1. The van der Waals surface area contributed by atoms with E-state index in [-0.39, 0.29) is 17.4 Å². The molecule has 0 aliphatic heterocycles. The molecular weight excluding hydrogens is 374 g/mol. The molecule has 0 saturated heterocycles. The van der Waals surface area contributed by atoms with Gasteiger partial charge in [0.15, 0.2) is 0 Å². The average Bonchev–Trinajstić information content (AvgIpc) is 2.54. The Kier molecular flexibility index (Phi) is 9.90. The van der Waals surface area contributed by atoms with Gasteiger partial charge in [-0.05, 0) is 58.8 Å². The van der Waals surface area contributed by atoms with Crippen molar-refractivity contribution in [2.45, 2.75) is 92.9 Å². The van der Waals surface area contributed by atoms with Gasteiger partial charge in [-0.1, -0.05) is 33.8 Å². The van der Waals surface area contributed by atoms with Crippen molar-refractivity contribution in [3.63, 3.8) is 0 Å². The van der Waals surface area contributed by atoms with Gasteiger partial charge < -0.3 is 14.6 Å². The summed E-state index contributed by atoms with van der Waals surface area (Å²) >= 11 is 0. The van der Waals surface area contributed by atoms with Gasteiger partial charge in [-0.15, -0.1) is 0 Å². The molecule has 1 amide bonds. The Morgan fingerprint density at radius 2 is 1.59 bits per heavy atom. The number of hydrogen-bond acceptors (Lipinski definition) is 5. The number of carbonyl (C=O) groups is 3. The Morgan fingerprint density at radius 1 is 1.07 bits per heavy atom. The average molecular weight is 414 g/mol. The first-order valence-corrected chi connectivity index (χ1v) is 10.0. The summed E-state index contributed by atoms with van der Waals surface area (Å²) in [6.07, 6.45) is 1.89. The highest BCUT2D eigenvalue weighted by atomic mass is 16.6. The van der Waals surface area contributed by atoms with Crippen molar-refractivity contribution in [2.24, 2.45) is 11.3 Å². The van der Waals surface area contributed by atoms with Crippen molar-refractivity contribution in [2.75, 3.05) is 7.05 Å². The molecule has 0 aromatic heterocycles. The zero-order chi connectivity index (χ0) is 23.2. The molecule has 0 saturated carbocycles. The number of carboxylic acids is 1. The number of hydrogen-bond donors (Lipinski definition) is 1. The minimum atomic E-state index is -0.935. The van der Waals surface area contributed by atoms with Crippen molar-refractivity contribution in [1.29, 1.82) is 0 Å². The normalized spacial score (nSPS) is 15.9. The molecule has 1 N–H and O–H groups in total. The fraction of sp³-hybridized carbons (Fsp3) is 0.773. The van der Waals surface area contributed by atoms with E-state index >= 15 is 0 Å². The van der Waals surface area contributed by atoms with Crippen LogP contribution in [0.15, 0.2) is 11.6 Å². The highest BCUT2D eigenvalue weighted by Gasteiger charge is 2.34. The van der Waals surface area contributed by atoms with Crippen LogP contribution < -0.4 is 0 Å². The summed E-state index contributed by atoms with van der Waals surface area (Å²) in [5.41, 5.74) is -0.659. The van der Waals surface area contributed by atoms with E-state index in [0.29, 0.717) is 18.4 Å². The standard InChI is InChI=1S/C22H39NO6/c1-14(11-12-15(2)18(24)25)13-17(21(4,5)6)28-19(26)16(3)23(10)20(27)29-22(7,8)9/h12,14,16-17H,11,13H2,1-10H3,(H,24,25)/b15-12+. The molecular formula is C22H39NO6. The van der Waals surface area contributed by atoms with Gasteiger partial charge in [0.2, 0.25) is 0 Å². The number of allylic oxidation sites excluding steroid dienone is 1. The van der Waals surface area contributed by atoms with Crippen LogP contribution in [0.1, 0.15) is 75.2 Å². The van der Waals surface area contributed by atoms with Crippen molar-refractivity contribution in [3.8, 4) is 0 Å². The molecule has 168 valence electrons. The summed E-state index contributed by atoms with van der Waals surface area (Å²) in [6, 6.07) is -0.792. The number of ether oxygens (including phenoxy) is 2. The van der Waals surface area contributed by atoms with Crippen molar-refractivity contribution in [3.05, 3.63) is 11.6 Å². The number of likely N-dealkylation sites (N-methyl/N-ethyl adjacent to an activating group) is 1. The number of amides is 1. The lowest BCUT2D eigenvalue weighted by Gasteiger charge is -2.34. The van der Waals surface area contributed by atoms with Crippen LogP contribution in [-0.4, -0.2) is 52.8 Å². The SMILES string of the molecule is C/C(=C\CC(C)CC(OC(=O)C(C)N(C)C(=O)OC(C)(C)C)C(C)(C)C)C(=O)O. The Hall–Kier alpha value is -2.05.